The van der Waals surface area contributed by atoms with Gasteiger partial charge in [0.2, 0.25) is 5.91 Å². The van der Waals surface area contributed by atoms with Crippen molar-refractivity contribution in [2.75, 3.05) is 20.2 Å². The van der Waals surface area contributed by atoms with Gasteiger partial charge in [0.1, 0.15) is 12.4 Å². The molecule has 0 bridgehead atoms. The van der Waals surface area contributed by atoms with Crippen molar-refractivity contribution >= 4 is 5.91 Å². The topological polar surface area (TPSA) is 53.3 Å². The molecule has 0 spiro atoms. The van der Waals surface area contributed by atoms with Crippen LogP contribution in [-0.2, 0) is 11.2 Å². The lowest BCUT2D eigenvalue weighted by molar-refractivity contribution is -0.130. The smallest absolute Gasteiger partial charge is 0.222 e. The van der Waals surface area contributed by atoms with Crippen LogP contribution in [0.1, 0.15) is 28.7 Å². The van der Waals surface area contributed by atoms with E-state index < -0.39 is 0 Å². The van der Waals surface area contributed by atoms with Crippen LogP contribution in [0.4, 0.5) is 0 Å². The Hall–Kier alpha value is -2.80. The van der Waals surface area contributed by atoms with Gasteiger partial charge in [0.05, 0.1) is 18.2 Å². The molecule has 0 radical (unpaired) electrons. The Bertz CT molecular complexity index is 740. The summed E-state index contributed by atoms with van der Waals surface area (Å²) in [6.45, 7) is 5.11. The second kappa shape index (κ2) is 8.89. The summed E-state index contributed by atoms with van der Waals surface area (Å²) in [5.74, 6) is 0.935. The standard InChI is InChI=1S/C21H24N2O2/c1-16-12-17(2)14-20(13-16)25-11-10-23(3)21(24)9-8-18-4-6-19(15-22)7-5-18/h4-7,12-14H,8-11H2,1-3H3. The highest BCUT2D eigenvalue weighted by Gasteiger charge is 2.09. The maximum Gasteiger partial charge on any atom is 0.222 e. The van der Waals surface area contributed by atoms with Crippen molar-refractivity contribution in [2.24, 2.45) is 0 Å². The highest BCUT2D eigenvalue weighted by molar-refractivity contribution is 5.76. The summed E-state index contributed by atoms with van der Waals surface area (Å²) in [7, 11) is 1.80. The number of hydrogen-bond donors (Lipinski definition) is 0. The van der Waals surface area contributed by atoms with Crippen molar-refractivity contribution in [1.82, 2.24) is 4.90 Å². The summed E-state index contributed by atoms with van der Waals surface area (Å²) >= 11 is 0. The SMILES string of the molecule is Cc1cc(C)cc(OCCN(C)C(=O)CCc2ccc(C#N)cc2)c1. The molecule has 0 fully saturated rings. The van der Waals surface area contributed by atoms with Crippen LogP contribution in [0.3, 0.4) is 0 Å². The van der Waals surface area contributed by atoms with Crippen molar-refractivity contribution in [3.63, 3.8) is 0 Å². The van der Waals surface area contributed by atoms with E-state index in [1.54, 1.807) is 24.1 Å². The number of carbonyl (C=O) groups is 1. The van der Waals surface area contributed by atoms with E-state index in [0.717, 1.165) is 11.3 Å². The molecule has 0 heterocycles. The van der Waals surface area contributed by atoms with Crippen LogP contribution in [0.2, 0.25) is 0 Å². The fourth-order valence-electron chi connectivity index (χ4n) is 2.63. The van der Waals surface area contributed by atoms with Gasteiger partial charge in [0, 0.05) is 13.5 Å². The van der Waals surface area contributed by atoms with Crippen LogP contribution >= 0.6 is 0 Å². The molecule has 0 aliphatic heterocycles. The van der Waals surface area contributed by atoms with E-state index in [1.807, 2.05) is 38.1 Å². The zero-order chi connectivity index (χ0) is 18.2. The van der Waals surface area contributed by atoms with Gasteiger partial charge in [0.15, 0.2) is 0 Å². The zero-order valence-corrected chi connectivity index (χ0v) is 15.1. The van der Waals surface area contributed by atoms with Crippen LogP contribution < -0.4 is 4.74 Å². The van der Waals surface area contributed by atoms with E-state index in [0.29, 0.717) is 31.6 Å². The molecule has 4 heteroatoms. The summed E-state index contributed by atoms with van der Waals surface area (Å²) in [5, 5.41) is 8.79. The third-order valence-corrected chi connectivity index (χ3v) is 4.03. The van der Waals surface area contributed by atoms with Crippen LogP contribution in [0.25, 0.3) is 0 Å². The maximum absolute atomic E-state index is 12.2. The van der Waals surface area contributed by atoms with Gasteiger partial charge in [-0.25, -0.2) is 0 Å². The van der Waals surface area contributed by atoms with Gasteiger partial charge in [-0.05, 0) is 61.2 Å². The molecule has 0 aromatic heterocycles. The first-order chi connectivity index (χ1) is 12.0. The first-order valence-electron chi connectivity index (χ1n) is 8.42. The Morgan fingerprint density at radius 1 is 1.12 bits per heavy atom. The molecule has 0 unspecified atom stereocenters. The van der Waals surface area contributed by atoms with E-state index in [2.05, 4.69) is 12.1 Å². The van der Waals surface area contributed by atoms with Gasteiger partial charge in [-0.15, -0.1) is 0 Å². The average molecular weight is 336 g/mol. The Kier molecular flexibility index (Phi) is 6.59. The molecule has 0 atom stereocenters. The summed E-state index contributed by atoms with van der Waals surface area (Å²) in [6, 6.07) is 15.5. The first-order valence-corrected chi connectivity index (χ1v) is 8.42. The number of ether oxygens (including phenoxy) is 1. The van der Waals surface area contributed by atoms with Gasteiger partial charge < -0.3 is 9.64 Å². The van der Waals surface area contributed by atoms with Crippen LogP contribution in [-0.4, -0.2) is 31.0 Å². The Balaban J connectivity index is 1.75. The van der Waals surface area contributed by atoms with Crippen LogP contribution in [0, 0.1) is 25.2 Å². The second-order valence-electron chi connectivity index (χ2n) is 6.30. The molecule has 4 nitrogen and oxygen atoms in total. The third-order valence-electron chi connectivity index (χ3n) is 4.03. The molecule has 25 heavy (non-hydrogen) atoms. The van der Waals surface area contributed by atoms with Crippen molar-refractivity contribution in [1.29, 1.82) is 5.26 Å². The van der Waals surface area contributed by atoms with Crippen molar-refractivity contribution in [3.05, 3.63) is 64.7 Å². The van der Waals surface area contributed by atoms with Gasteiger partial charge in [-0.1, -0.05) is 18.2 Å². The lowest BCUT2D eigenvalue weighted by atomic mass is 10.1. The first kappa shape index (κ1) is 18.5. The largest absolute Gasteiger partial charge is 0.492 e. The van der Waals surface area contributed by atoms with Crippen molar-refractivity contribution in [2.45, 2.75) is 26.7 Å². The van der Waals surface area contributed by atoms with Crippen molar-refractivity contribution in [3.8, 4) is 11.8 Å². The number of nitriles is 1. The molecule has 0 N–H and O–H groups in total. The quantitative estimate of drug-likeness (QED) is 0.775. The van der Waals surface area contributed by atoms with Gasteiger partial charge in [0.25, 0.3) is 0 Å². The predicted molar refractivity (Wildman–Crippen MR) is 98.5 cm³/mol. The molecule has 0 saturated carbocycles. The van der Waals surface area contributed by atoms with Crippen LogP contribution in [0.5, 0.6) is 5.75 Å². The minimum absolute atomic E-state index is 0.0911. The maximum atomic E-state index is 12.2. The monoisotopic (exact) mass is 336 g/mol. The molecular weight excluding hydrogens is 312 g/mol. The Labute approximate surface area is 149 Å². The van der Waals surface area contributed by atoms with E-state index in [-0.39, 0.29) is 5.91 Å². The third kappa shape index (κ3) is 5.96. The number of hydrogen-bond acceptors (Lipinski definition) is 3. The highest BCUT2D eigenvalue weighted by atomic mass is 16.5. The van der Waals surface area contributed by atoms with Gasteiger partial charge in [-0.2, -0.15) is 5.26 Å². The molecule has 130 valence electrons. The van der Waals surface area contributed by atoms with Gasteiger partial charge in [-0.3, -0.25) is 4.79 Å². The summed E-state index contributed by atoms with van der Waals surface area (Å²) < 4.78 is 5.75. The van der Waals surface area contributed by atoms with E-state index in [9.17, 15) is 4.79 Å². The number of carbonyl (C=O) groups excluding carboxylic acids is 1. The lowest BCUT2D eigenvalue weighted by Gasteiger charge is -2.18. The average Bonchev–Trinajstić information content (AvgIpc) is 2.59. The number of benzene rings is 2. The van der Waals surface area contributed by atoms with Gasteiger partial charge >= 0.3 is 0 Å². The summed E-state index contributed by atoms with van der Waals surface area (Å²) in [4.78, 5) is 13.9. The number of rotatable bonds is 7. The zero-order valence-electron chi connectivity index (χ0n) is 15.1. The molecule has 2 rings (SSSR count). The lowest BCUT2D eigenvalue weighted by Crippen LogP contribution is -2.31. The second-order valence-corrected chi connectivity index (χ2v) is 6.30. The minimum atomic E-state index is 0.0911. The number of nitrogens with zero attached hydrogens (tertiary/aromatic N) is 2. The number of amides is 1. The Morgan fingerprint density at radius 2 is 1.76 bits per heavy atom. The summed E-state index contributed by atoms with van der Waals surface area (Å²) in [5.41, 5.74) is 4.03. The van der Waals surface area contributed by atoms with Crippen molar-refractivity contribution < 1.29 is 9.53 Å². The molecule has 0 saturated heterocycles. The predicted octanol–water partition coefficient (Wildman–Crippen LogP) is 3.65. The molecule has 0 aliphatic rings. The number of aryl methyl sites for hydroxylation is 3. The normalized spacial score (nSPS) is 10.2. The van der Waals surface area contributed by atoms with E-state index in [4.69, 9.17) is 10.00 Å². The fourth-order valence-corrected chi connectivity index (χ4v) is 2.63. The highest BCUT2D eigenvalue weighted by Crippen LogP contribution is 2.16. The molecule has 2 aromatic carbocycles. The Morgan fingerprint density at radius 3 is 2.36 bits per heavy atom. The molecule has 2 aromatic rings. The summed E-state index contributed by atoms with van der Waals surface area (Å²) in [6.07, 6.45) is 1.12. The minimum Gasteiger partial charge on any atom is -0.492 e. The van der Waals surface area contributed by atoms with Crippen LogP contribution in [0.15, 0.2) is 42.5 Å². The fraction of sp³-hybridized carbons (Fsp3) is 0.333. The molecular formula is C21H24N2O2. The van der Waals surface area contributed by atoms with E-state index >= 15 is 0 Å². The molecule has 0 aliphatic carbocycles. The molecule has 1 amide bonds. The van der Waals surface area contributed by atoms with E-state index in [1.165, 1.54) is 11.1 Å². The number of likely N-dealkylation sites (N-methyl/N-ethyl adjacent to an activating group) is 1.